The van der Waals surface area contributed by atoms with Gasteiger partial charge < -0.3 is 15.7 Å². The molecule has 0 rings (SSSR count). The Morgan fingerprint density at radius 3 is 2.09 bits per heavy atom. The molecule has 0 aliphatic heterocycles. The standard InChI is InChI=1S/C13H24N6O2S2/c1-9(16-18-12(22)14-3)10(2)17-19-13(23)15-8-6-4-5-7-11(20)21/h4-8H2,1-3H3,(H,20,21)(H2,14,18,22)(H2,15,19,23)/b16-9+,17-10-. The highest BCUT2D eigenvalue weighted by atomic mass is 32.1. The van der Waals surface area contributed by atoms with Crippen LogP contribution in [0.1, 0.15) is 39.5 Å². The van der Waals surface area contributed by atoms with Crippen LogP contribution in [-0.4, -0.2) is 46.3 Å². The van der Waals surface area contributed by atoms with E-state index < -0.39 is 5.97 Å². The molecule has 0 aromatic heterocycles. The fourth-order valence-electron chi connectivity index (χ4n) is 1.31. The third kappa shape index (κ3) is 12.4. The first-order chi connectivity index (χ1) is 10.9. The number of hydrogen-bond acceptors (Lipinski definition) is 5. The van der Waals surface area contributed by atoms with E-state index in [9.17, 15) is 4.79 Å². The van der Waals surface area contributed by atoms with E-state index >= 15 is 0 Å². The van der Waals surface area contributed by atoms with E-state index in [4.69, 9.17) is 29.5 Å². The Morgan fingerprint density at radius 1 is 1.00 bits per heavy atom. The summed E-state index contributed by atoms with van der Waals surface area (Å²) < 4.78 is 0. The molecule has 0 radical (unpaired) electrons. The predicted molar refractivity (Wildman–Crippen MR) is 101 cm³/mol. The van der Waals surface area contributed by atoms with Gasteiger partial charge in [-0.2, -0.15) is 10.2 Å². The zero-order valence-electron chi connectivity index (χ0n) is 13.6. The molecule has 0 spiro atoms. The maximum absolute atomic E-state index is 10.4. The van der Waals surface area contributed by atoms with E-state index in [-0.39, 0.29) is 6.42 Å². The molecular weight excluding hydrogens is 336 g/mol. The van der Waals surface area contributed by atoms with Gasteiger partial charge in [0.1, 0.15) is 0 Å². The van der Waals surface area contributed by atoms with Gasteiger partial charge in [0.05, 0.1) is 11.4 Å². The summed E-state index contributed by atoms with van der Waals surface area (Å²) in [6, 6.07) is 0. The molecule has 0 saturated carbocycles. The lowest BCUT2D eigenvalue weighted by Crippen LogP contribution is -2.34. The maximum Gasteiger partial charge on any atom is 0.303 e. The van der Waals surface area contributed by atoms with E-state index in [2.05, 4.69) is 31.7 Å². The second-order valence-electron chi connectivity index (χ2n) is 4.66. The fraction of sp³-hybridized carbons (Fsp3) is 0.615. The molecule has 0 unspecified atom stereocenters. The molecule has 0 atom stereocenters. The van der Waals surface area contributed by atoms with Crippen LogP contribution >= 0.6 is 24.4 Å². The highest BCUT2D eigenvalue weighted by Gasteiger charge is 2.00. The third-order valence-corrected chi connectivity index (χ3v) is 3.28. The van der Waals surface area contributed by atoms with Crippen molar-refractivity contribution in [3.8, 4) is 0 Å². The Bertz CT molecular complexity index is 479. The van der Waals surface area contributed by atoms with Crippen molar-refractivity contribution in [3.63, 3.8) is 0 Å². The molecular formula is C13H24N6O2S2. The molecule has 0 fully saturated rings. The van der Waals surface area contributed by atoms with E-state index in [0.29, 0.717) is 34.6 Å². The highest BCUT2D eigenvalue weighted by Crippen LogP contribution is 1.98. The molecule has 0 amide bonds. The van der Waals surface area contributed by atoms with Crippen LogP contribution in [-0.2, 0) is 4.79 Å². The molecule has 5 N–H and O–H groups in total. The molecule has 130 valence electrons. The molecule has 0 aliphatic carbocycles. The van der Waals surface area contributed by atoms with Gasteiger partial charge >= 0.3 is 5.97 Å². The van der Waals surface area contributed by atoms with Crippen molar-refractivity contribution in [2.24, 2.45) is 10.2 Å². The van der Waals surface area contributed by atoms with Crippen LogP contribution in [0.25, 0.3) is 0 Å². The summed E-state index contributed by atoms with van der Waals surface area (Å²) in [5.41, 5.74) is 6.74. The predicted octanol–water partition coefficient (Wildman–Crippen LogP) is 0.941. The largest absolute Gasteiger partial charge is 0.481 e. The lowest BCUT2D eigenvalue weighted by molar-refractivity contribution is -0.137. The van der Waals surface area contributed by atoms with Crippen LogP contribution < -0.4 is 21.5 Å². The van der Waals surface area contributed by atoms with Gasteiger partial charge in [-0.1, -0.05) is 6.42 Å². The quantitative estimate of drug-likeness (QED) is 0.179. The summed E-state index contributed by atoms with van der Waals surface area (Å²) in [5, 5.41) is 23.3. The van der Waals surface area contributed by atoms with Gasteiger partial charge in [0, 0.05) is 20.0 Å². The number of hydrazone groups is 2. The van der Waals surface area contributed by atoms with Crippen LogP contribution in [0.15, 0.2) is 10.2 Å². The monoisotopic (exact) mass is 360 g/mol. The molecule has 0 aromatic carbocycles. The molecule has 0 saturated heterocycles. The number of unbranched alkanes of at least 4 members (excludes halogenated alkanes) is 2. The Labute approximate surface area is 147 Å². The first-order valence-electron chi connectivity index (χ1n) is 7.19. The topological polar surface area (TPSA) is 110 Å². The normalized spacial score (nSPS) is 11.6. The highest BCUT2D eigenvalue weighted by molar-refractivity contribution is 7.80. The van der Waals surface area contributed by atoms with Crippen LogP contribution in [0.4, 0.5) is 0 Å². The second-order valence-corrected chi connectivity index (χ2v) is 5.47. The Hall–Kier alpha value is -1.81. The number of aliphatic carboxylic acids is 1. The van der Waals surface area contributed by atoms with E-state index in [0.717, 1.165) is 12.8 Å². The summed E-state index contributed by atoms with van der Waals surface area (Å²) in [7, 11) is 1.70. The number of rotatable bonds is 9. The number of carboxylic acids is 1. The van der Waals surface area contributed by atoms with Crippen molar-refractivity contribution in [1.29, 1.82) is 0 Å². The van der Waals surface area contributed by atoms with Gasteiger partial charge in [-0.05, 0) is 51.1 Å². The first kappa shape index (κ1) is 21.2. The summed E-state index contributed by atoms with van der Waals surface area (Å²) in [6.07, 6.45) is 2.57. The second kappa shape index (κ2) is 12.7. The number of nitrogens with one attached hydrogen (secondary N) is 4. The van der Waals surface area contributed by atoms with Crippen molar-refractivity contribution in [2.45, 2.75) is 39.5 Å². The van der Waals surface area contributed by atoms with Crippen molar-refractivity contribution in [1.82, 2.24) is 21.5 Å². The van der Waals surface area contributed by atoms with Crippen LogP contribution in [0.2, 0.25) is 0 Å². The van der Waals surface area contributed by atoms with E-state index in [1.807, 2.05) is 0 Å². The average Bonchev–Trinajstić information content (AvgIpc) is 2.52. The average molecular weight is 361 g/mol. The lowest BCUT2D eigenvalue weighted by Gasteiger charge is -2.08. The Balaban J connectivity index is 3.97. The summed E-state index contributed by atoms with van der Waals surface area (Å²) in [6.45, 7) is 4.26. The number of carbonyl (C=O) groups is 1. The van der Waals surface area contributed by atoms with Crippen LogP contribution in [0.5, 0.6) is 0 Å². The van der Waals surface area contributed by atoms with E-state index in [1.165, 1.54) is 0 Å². The molecule has 10 heteroatoms. The van der Waals surface area contributed by atoms with Crippen molar-refractivity contribution in [2.75, 3.05) is 13.6 Å². The smallest absolute Gasteiger partial charge is 0.303 e. The number of carboxylic acid groups (broad SMARTS) is 1. The number of thiocarbonyl (C=S) groups is 2. The molecule has 23 heavy (non-hydrogen) atoms. The summed E-state index contributed by atoms with van der Waals surface area (Å²) in [5.74, 6) is -0.762. The summed E-state index contributed by atoms with van der Waals surface area (Å²) >= 11 is 10.0. The molecule has 0 bridgehead atoms. The van der Waals surface area contributed by atoms with Gasteiger partial charge in [-0.3, -0.25) is 15.6 Å². The van der Waals surface area contributed by atoms with Gasteiger partial charge in [0.25, 0.3) is 0 Å². The fourth-order valence-corrected chi connectivity index (χ4v) is 1.50. The third-order valence-electron chi connectivity index (χ3n) is 2.75. The lowest BCUT2D eigenvalue weighted by atomic mass is 10.2. The number of hydrogen-bond donors (Lipinski definition) is 5. The van der Waals surface area contributed by atoms with E-state index in [1.54, 1.807) is 20.9 Å². The molecule has 0 heterocycles. The Kier molecular flexibility index (Phi) is 11.7. The van der Waals surface area contributed by atoms with Gasteiger partial charge in [0.2, 0.25) is 0 Å². The minimum absolute atomic E-state index is 0.204. The summed E-state index contributed by atoms with van der Waals surface area (Å²) in [4.78, 5) is 10.4. The Morgan fingerprint density at radius 2 is 1.57 bits per heavy atom. The van der Waals surface area contributed by atoms with Gasteiger partial charge in [-0.15, -0.1) is 0 Å². The first-order valence-corrected chi connectivity index (χ1v) is 8.00. The SMILES string of the molecule is CNC(=S)N/N=C(C)/C(C)=N\NC(=S)NCCCCCC(=O)O. The van der Waals surface area contributed by atoms with Gasteiger partial charge in [-0.25, -0.2) is 0 Å². The molecule has 0 aliphatic rings. The zero-order valence-corrected chi connectivity index (χ0v) is 15.2. The zero-order chi connectivity index (χ0) is 17.7. The van der Waals surface area contributed by atoms with Crippen molar-refractivity contribution < 1.29 is 9.90 Å². The van der Waals surface area contributed by atoms with Crippen molar-refractivity contribution >= 4 is 52.1 Å². The van der Waals surface area contributed by atoms with Crippen LogP contribution in [0, 0.1) is 0 Å². The van der Waals surface area contributed by atoms with Crippen LogP contribution in [0.3, 0.4) is 0 Å². The minimum Gasteiger partial charge on any atom is -0.481 e. The molecule has 0 aromatic rings. The van der Waals surface area contributed by atoms with Gasteiger partial charge in [0.15, 0.2) is 10.2 Å². The maximum atomic E-state index is 10.4. The van der Waals surface area contributed by atoms with Crippen molar-refractivity contribution in [3.05, 3.63) is 0 Å². The molecule has 8 nitrogen and oxygen atoms in total. The number of nitrogens with zero attached hydrogens (tertiary/aromatic N) is 2. The minimum atomic E-state index is -0.762.